The van der Waals surface area contributed by atoms with Crippen LogP contribution in [0.4, 0.5) is 0 Å². The number of aromatic nitrogens is 3. The standard InChI is InChI=1S/C21H26N4O3/c1-6-25-11-18(15(4)23-25)14(3)22-21(26)20-19(16(5)28-24-20)12-27-17-9-7-13(2)8-10-17/h7-11,14H,6,12H2,1-5H3,(H,22,26). The molecule has 28 heavy (non-hydrogen) atoms. The van der Waals surface area contributed by atoms with Crippen molar-refractivity contribution >= 4 is 5.91 Å². The second-order valence-electron chi connectivity index (χ2n) is 6.89. The number of aryl methyl sites for hydroxylation is 4. The molecule has 148 valence electrons. The Balaban J connectivity index is 1.71. The van der Waals surface area contributed by atoms with Crippen LogP contribution in [0, 0.1) is 20.8 Å². The van der Waals surface area contributed by atoms with Gasteiger partial charge in [0.1, 0.15) is 18.1 Å². The normalized spacial score (nSPS) is 12.0. The van der Waals surface area contributed by atoms with Gasteiger partial charge in [-0.1, -0.05) is 22.9 Å². The lowest BCUT2D eigenvalue weighted by atomic mass is 10.1. The van der Waals surface area contributed by atoms with Gasteiger partial charge in [-0.2, -0.15) is 5.10 Å². The van der Waals surface area contributed by atoms with Gasteiger partial charge in [0.05, 0.1) is 17.3 Å². The highest BCUT2D eigenvalue weighted by Crippen LogP contribution is 2.21. The Kier molecular flexibility index (Phi) is 5.82. The third-order valence-corrected chi connectivity index (χ3v) is 4.73. The van der Waals surface area contributed by atoms with Gasteiger partial charge in [0, 0.05) is 18.3 Å². The maximum atomic E-state index is 12.8. The van der Waals surface area contributed by atoms with Crippen LogP contribution in [0.25, 0.3) is 0 Å². The molecule has 0 spiro atoms. The minimum Gasteiger partial charge on any atom is -0.489 e. The molecule has 7 heteroatoms. The number of hydrogen-bond acceptors (Lipinski definition) is 5. The number of ether oxygens (including phenoxy) is 1. The first-order valence-corrected chi connectivity index (χ1v) is 9.38. The molecule has 1 aromatic carbocycles. The van der Waals surface area contributed by atoms with E-state index in [0.717, 1.165) is 29.1 Å². The molecule has 1 atom stereocenters. The summed E-state index contributed by atoms with van der Waals surface area (Å²) in [6.45, 7) is 10.7. The fourth-order valence-corrected chi connectivity index (χ4v) is 2.99. The van der Waals surface area contributed by atoms with Gasteiger partial charge in [-0.3, -0.25) is 9.48 Å². The van der Waals surface area contributed by atoms with E-state index in [1.54, 1.807) is 6.92 Å². The quantitative estimate of drug-likeness (QED) is 0.670. The molecular weight excluding hydrogens is 356 g/mol. The van der Waals surface area contributed by atoms with Crippen molar-refractivity contribution in [2.45, 2.75) is 53.8 Å². The zero-order chi connectivity index (χ0) is 20.3. The Bertz CT molecular complexity index is 957. The van der Waals surface area contributed by atoms with E-state index in [4.69, 9.17) is 9.26 Å². The highest BCUT2D eigenvalue weighted by Gasteiger charge is 2.23. The van der Waals surface area contributed by atoms with E-state index in [2.05, 4.69) is 15.6 Å². The van der Waals surface area contributed by atoms with Crippen molar-refractivity contribution in [1.82, 2.24) is 20.3 Å². The fraction of sp³-hybridized carbons (Fsp3) is 0.381. The molecule has 0 fully saturated rings. The Labute approximate surface area is 164 Å². The molecule has 1 amide bonds. The predicted octanol–water partition coefficient (Wildman–Crippen LogP) is 3.89. The number of nitrogens with one attached hydrogen (secondary N) is 1. The molecule has 0 aliphatic heterocycles. The van der Waals surface area contributed by atoms with E-state index in [1.807, 2.05) is 62.8 Å². The smallest absolute Gasteiger partial charge is 0.274 e. The minimum absolute atomic E-state index is 0.198. The van der Waals surface area contributed by atoms with E-state index in [0.29, 0.717) is 11.3 Å². The Morgan fingerprint density at radius 2 is 1.96 bits per heavy atom. The summed E-state index contributed by atoms with van der Waals surface area (Å²) in [5.74, 6) is 1.00. The van der Waals surface area contributed by atoms with Gasteiger partial charge in [0.15, 0.2) is 5.69 Å². The van der Waals surface area contributed by atoms with Crippen LogP contribution < -0.4 is 10.1 Å². The monoisotopic (exact) mass is 382 g/mol. The number of carbonyl (C=O) groups is 1. The van der Waals surface area contributed by atoms with Gasteiger partial charge in [0.2, 0.25) is 0 Å². The first-order chi connectivity index (χ1) is 13.4. The largest absolute Gasteiger partial charge is 0.489 e. The molecule has 2 aromatic heterocycles. The minimum atomic E-state index is -0.296. The van der Waals surface area contributed by atoms with Gasteiger partial charge in [-0.15, -0.1) is 0 Å². The number of carbonyl (C=O) groups excluding carboxylic acids is 1. The van der Waals surface area contributed by atoms with Crippen LogP contribution in [0.3, 0.4) is 0 Å². The van der Waals surface area contributed by atoms with Crippen LogP contribution in [0.2, 0.25) is 0 Å². The van der Waals surface area contributed by atoms with Gasteiger partial charge >= 0.3 is 0 Å². The summed E-state index contributed by atoms with van der Waals surface area (Å²) in [6, 6.07) is 7.55. The molecule has 0 aliphatic carbocycles. The zero-order valence-corrected chi connectivity index (χ0v) is 16.9. The van der Waals surface area contributed by atoms with E-state index >= 15 is 0 Å². The number of amides is 1. The molecule has 3 rings (SSSR count). The molecule has 1 unspecified atom stereocenters. The van der Waals surface area contributed by atoms with Crippen molar-refractivity contribution in [3.8, 4) is 5.75 Å². The van der Waals surface area contributed by atoms with Crippen molar-refractivity contribution in [3.05, 3.63) is 64.3 Å². The van der Waals surface area contributed by atoms with E-state index < -0.39 is 0 Å². The maximum Gasteiger partial charge on any atom is 0.274 e. The van der Waals surface area contributed by atoms with Crippen molar-refractivity contribution in [3.63, 3.8) is 0 Å². The molecule has 0 aliphatic rings. The Morgan fingerprint density at radius 1 is 1.25 bits per heavy atom. The fourth-order valence-electron chi connectivity index (χ4n) is 2.99. The first kappa shape index (κ1) is 19.7. The van der Waals surface area contributed by atoms with Crippen molar-refractivity contribution in [1.29, 1.82) is 0 Å². The summed E-state index contributed by atoms with van der Waals surface area (Å²) in [5.41, 5.74) is 3.93. The molecule has 1 N–H and O–H groups in total. The summed E-state index contributed by atoms with van der Waals surface area (Å²) < 4.78 is 12.9. The summed E-state index contributed by atoms with van der Waals surface area (Å²) in [4.78, 5) is 12.8. The van der Waals surface area contributed by atoms with Crippen LogP contribution >= 0.6 is 0 Å². The number of benzene rings is 1. The second-order valence-corrected chi connectivity index (χ2v) is 6.89. The maximum absolute atomic E-state index is 12.8. The highest BCUT2D eigenvalue weighted by atomic mass is 16.5. The number of nitrogens with zero attached hydrogens (tertiary/aromatic N) is 3. The molecule has 0 saturated carbocycles. The van der Waals surface area contributed by atoms with Crippen LogP contribution in [0.15, 0.2) is 35.0 Å². The Morgan fingerprint density at radius 3 is 2.61 bits per heavy atom. The van der Waals surface area contributed by atoms with Crippen molar-refractivity contribution < 1.29 is 14.1 Å². The molecule has 2 heterocycles. The van der Waals surface area contributed by atoms with E-state index in [9.17, 15) is 4.79 Å². The third-order valence-electron chi connectivity index (χ3n) is 4.73. The zero-order valence-electron chi connectivity index (χ0n) is 16.9. The second kappa shape index (κ2) is 8.29. The topological polar surface area (TPSA) is 82.2 Å². The lowest BCUT2D eigenvalue weighted by Crippen LogP contribution is -2.28. The molecule has 0 bridgehead atoms. The molecule has 0 radical (unpaired) electrons. The average Bonchev–Trinajstić information content (AvgIpc) is 3.23. The van der Waals surface area contributed by atoms with Crippen molar-refractivity contribution in [2.24, 2.45) is 0 Å². The van der Waals surface area contributed by atoms with Gasteiger partial charge in [-0.05, 0) is 46.8 Å². The highest BCUT2D eigenvalue weighted by molar-refractivity contribution is 5.94. The number of hydrogen-bond donors (Lipinski definition) is 1. The molecule has 0 saturated heterocycles. The van der Waals surface area contributed by atoms with Crippen molar-refractivity contribution in [2.75, 3.05) is 0 Å². The average molecular weight is 382 g/mol. The Hall–Kier alpha value is -3.09. The van der Waals surface area contributed by atoms with Crippen LogP contribution in [0.1, 0.15) is 58.5 Å². The predicted molar refractivity (Wildman–Crippen MR) is 105 cm³/mol. The summed E-state index contributed by atoms with van der Waals surface area (Å²) in [6.07, 6.45) is 1.95. The van der Waals surface area contributed by atoms with E-state index in [-0.39, 0.29) is 24.2 Å². The summed E-state index contributed by atoms with van der Waals surface area (Å²) in [5, 5.41) is 11.4. The summed E-state index contributed by atoms with van der Waals surface area (Å²) in [7, 11) is 0. The number of rotatable bonds is 7. The SMILES string of the molecule is CCn1cc(C(C)NC(=O)c2noc(C)c2COc2ccc(C)cc2)c(C)n1. The van der Waals surface area contributed by atoms with Gasteiger partial charge in [-0.25, -0.2) is 0 Å². The lowest BCUT2D eigenvalue weighted by Gasteiger charge is -2.13. The lowest BCUT2D eigenvalue weighted by molar-refractivity contribution is 0.0928. The molecular formula is C21H26N4O3. The third kappa shape index (κ3) is 4.24. The van der Waals surface area contributed by atoms with Gasteiger partial charge in [0.25, 0.3) is 5.91 Å². The van der Waals surface area contributed by atoms with Crippen LogP contribution in [-0.4, -0.2) is 20.8 Å². The first-order valence-electron chi connectivity index (χ1n) is 9.38. The van der Waals surface area contributed by atoms with E-state index in [1.165, 1.54) is 0 Å². The van der Waals surface area contributed by atoms with Crippen LogP contribution in [-0.2, 0) is 13.2 Å². The summed E-state index contributed by atoms with van der Waals surface area (Å²) >= 11 is 0. The van der Waals surface area contributed by atoms with Gasteiger partial charge < -0.3 is 14.6 Å². The molecule has 7 nitrogen and oxygen atoms in total. The molecule has 3 aromatic rings. The van der Waals surface area contributed by atoms with Crippen LogP contribution in [0.5, 0.6) is 5.75 Å².